The first-order chi connectivity index (χ1) is 11.7. The lowest BCUT2D eigenvalue weighted by atomic mass is 10.1. The summed E-state index contributed by atoms with van der Waals surface area (Å²) in [7, 11) is -3.07. The average molecular weight is 384 g/mol. The molecule has 0 aromatic heterocycles. The molecule has 0 aliphatic carbocycles. The van der Waals surface area contributed by atoms with Gasteiger partial charge in [0.15, 0.2) is 15.0 Å². The maximum absolute atomic E-state index is 13.1. The van der Waals surface area contributed by atoms with E-state index < -0.39 is 9.84 Å². The molecule has 0 bridgehead atoms. The third-order valence-corrected chi connectivity index (χ3v) is 7.49. The van der Waals surface area contributed by atoms with Crippen LogP contribution in [-0.2, 0) is 21.2 Å². The van der Waals surface area contributed by atoms with E-state index in [-0.39, 0.29) is 40.4 Å². The van der Waals surface area contributed by atoms with Gasteiger partial charge in [-0.15, -0.1) is 0 Å². The quantitative estimate of drug-likeness (QED) is 0.798. The smallest absolute Gasteiger partial charge is 0.248 e. The van der Waals surface area contributed by atoms with Crippen LogP contribution in [0.5, 0.6) is 0 Å². The van der Waals surface area contributed by atoms with E-state index in [0.717, 1.165) is 5.56 Å². The fourth-order valence-corrected chi connectivity index (χ4v) is 7.08. The Kier molecular flexibility index (Phi) is 5.20. The Bertz CT molecular complexity index is 791. The van der Waals surface area contributed by atoms with E-state index >= 15 is 0 Å². The fourth-order valence-electron chi connectivity index (χ4n) is 3.11. The maximum atomic E-state index is 13.1. The zero-order valence-corrected chi connectivity index (χ0v) is 15.8. The van der Waals surface area contributed by atoms with Gasteiger partial charge in [0.05, 0.1) is 17.5 Å². The van der Waals surface area contributed by atoms with Crippen molar-refractivity contribution in [1.82, 2.24) is 4.90 Å². The Balaban J connectivity index is 1.85. The number of amides is 1. The first-order valence-corrected chi connectivity index (χ1v) is 10.9. The van der Waals surface area contributed by atoms with Gasteiger partial charge in [0.25, 0.3) is 0 Å². The maximum Gasteiger partial charge on any atom is 0.248 e. The van der Waals surface area contributed by atoms with E-state index in [4.69, 9.17) is 0 Å². The van der Waals surface area contributed by atoms with Gasteiger partial charge in [-0.1, -0.05) is 37.7 Å². The van der Waals surface area contributed by atoms with Gasteiger partial charge in [0.1, 0.15) is 5.82 Å². The van der Waals surface area contributed by atoms with Gasteiger partial charge in [-0.3, -0.25) is 4.79 Å². The Labute approximate surface area is 151 Å². The third-order valence-electron chi connectivity index (χ3n) is 4.24. The highest BCUT2D eigenvalue weighted by Crippen LogP contribution is 2.39. The van der Waals surface area contributed by atoms with Gasteiger partial charge in [0, 0.05) is 18.2 Å². The van der Waals surface area contributed by atoms with Crippen LogP contribution >= 0.6 is 11.8 Å². The number of rotatable bonds is 4. The summed E-state index contributed by atoms with van der Waals surface area (Å²) in [5, 5.41) is 0.482. The van der Waals surface area contributed by atoms with E-state index in [2.05, 4.69) is 4.99 Å². The second-order valence-corrected chi connectivity index (χ2v) is 10.3. The summed E-state index contributed by atoms with van der Waals surface area (Å²) in [6.45, 7) is 4.33. The van der Waals surface area contributed by atoms with Crippen LogP contribution in [0.4, 0.5) is 4.39 Å². The molecule has 2 saturated heterocycles. The van der Waals surface area contributed by atoms with Crippen LogP contribution in [0, 0.1) is 11.7 Å². The van der Waals surface area contributed by atoms with Gasteiger partial charge in [-0.2, -0.15) is 4.99 Å². The topological polar surface area (TPSA) is 66.8 Å². The first kappa shape index (κ1) is 18.4. The Hall–Kier alpha value is -1.41. The molecule has 25 heavy (non-hydrogen) atoms. The minimum absolute atomic E-state index is 0.0727. The van der Waals surface area contributed by atoms with Crippen molar-refractivity contribution in [2.24, 2.45) is 10.9 Å². The number of thioether (sulfide) groups is 1. The molecule has 1 aromatic rings. The molecule has 0 spiro atoms. The molecule has 0 unspecified atom stereocenters. The minimum Gasteiger partial charge on any atom is -0.342 e. The molecule has 0 N–H and O–H groups in total. The molecule has 0 saturated carbocycles. The van der Waals surface area contributed by atoms with Crippen molar-refractivity contribution in [2.75, 3.05) is 11.5 Å². The molecule has 2 fully saturated rings. The second kappa shape index (κ2) is 7.07. The van der Waals surface area contributed by atoms with Crippen LogP contribution in [0.25, 0.3) is 0 Å². The Morgan fingerprint density at radius 2 is 2.00 bits per heavy atom. The Morgan fingerprint density at radius 3 is 2.64 bits per heavy atom. The van der Waals surface area contributed by atoms with Crippen molar-refractivity contribution < 1.29 is 17.6 Å². The molecule has 136 valence electrons. The van der Waals surface area contributed by atoms with E-state index in [1.165, 1.54) is 23.9 Å². The number of hydrogen-bond acceptors (Lipinski definition) is 4. The van der Waals surface area contributed by atoms with Crippen LogP contribution in [0.2, 0.25) is 0 Å². The lowest BCUT2D eigenvalue weighted by Gasteiger charge is -2.24. The molecule has 2 aliphatic rings. The lowest BCUT2D eigenvalue weighted by molar-refractivity contribution is -0.118. The largest absolute Gasteiger partial charge is 0.342 e. The van der Waals surface area contributed by atoms with Crippen LogP contribution in [0.3, 0.4) is 0 Å². The van der Waals surface area contributed by atoms with Crippen molar-refractivity contribution >= 4 is 32.7 Å². The van der Waals surface area contributed by atoms with Gasteiger partial charge in [-0.05, 0) is 23.6 Å². The van der Waals surface area contributed by atoms with Gasteiger partial charge in [0.2, 0.25) is 5.91 Å². The molecule has 1 aromatic carbocycles. The molecule has 0 radical (unpaired) electrons. The first-order valence-electron chi connectivity index (χ1n) is 8.23. The predicted octanol–water partition coefficient (Wildman–Crippen LogP) is 2.47. The molecule has 2 heterocycles. The SMILES string of the molecule is CC(C)CC(=O)N=C1S[C@@H]2CS(=O)(=O)C[C@@H]2N1Cc1ccc(F)cc1. The summed E-state index contributed by atoms with van der Waals surface area (Å²) in [5.74, 6) is -0.108. The average Bonchev–Trinajstić information content (AvgIpc) is 2.93. The van der Waals surface area contributed by atoms with Gasteiger partial charge >= 0.3 is 0 Å². The molecular weight excluding hydrogens is 363 g/mol. The number of halogens is 1. The lowest BCUT2D eigenvalue weighted by Crippen LogP contribution is -2.37. The number of amidine groups is 1. The third kappa shape index (κ3) is 4.41. The number of carbonyl (C=O) groups is 1. The summed E-state index contributed by atoms with van der Waals surface area (Å²) >= 11 is 1.37. The van der Waals surface area contributed by atoms with Crippen LogP contribution in [0.1, 0.15) is 25.8 Å². The summed E-state index contributed by atoms with van der Waals surface area (Å²) in [4.78, 5) is 18.2. The molecule has 3 rings (SSSR count). The van der Waals surface area contributed by atoms with E-state index in [1.54, 1.807) is 12.1 Å². The van der Waals surface area contributed by atoms with Crippen LogP contribution in [0.15, 0.2) is 29.3 Å². The molecule has 2 atom stereocenters. The highest BCUT2D eigenvalue weighted by molar-refractivity contribution is 8.15. The number of sulfone groups is 1. The number of aliphatic imine (C=N–C) groups is 1. The van der Waals surface area contributed by atoms with Crippen molar-refractivity contribution in [3.05, 3.63) is 35.6 Å². The summed E-state index contributed by atoms with van der Waals surface area (Å²) in [6, 6.07) is 5.91. The standard InChI is InChI=1S/C17H21FN2O3S2/c1-11(2)7-16(21)19-17-20(8-12-3-5-13(18)6-4-12)14-9-25(22,23)10-15(14)24-17/h3-6,11,14-15H,7-10H2,1-2H3/t14-,15+/m0/s1. The summed E-state index contributed by atoms with van der Waals surface area (Å²) in [6.07, 6.45) is 0.363. The van der Waals surface area contributed by atoms with Crippen molar-refractivity contribution in [3.8, 4) is 0 Å². The van der Waals surface area contributed by atoms with E-state index in [9.17, 15) is 17.6 Å². The predicted molar refractivity (Wildman–Crippen MR) is 97.7 cm³/mol. The highest BCUT2D eigenvalue weighted by Gasteiger charge is 2.48. The number of benzene rings is 1. The van der Waals surface area contributed by atoms with Crippen molar-refractivity contribution in [2.45, 2.75) is 38.1 Å². The number of fused-ring (bicyclic) bond motifs is 1. The number of hydrogen-bond donors (Lipinski definition) is 0. The molecule has 5 nitrogen and oxygen atoms in total. The molecular formula is C17H21FN2O3S2. The van der Waals surface area contributed by atoms with E-state index in [1.807, 2.05) is 18.7 Å². The van der Waals surface area contributed by atoms with Crippen LogP contribution in [-0.4, -0.2) is 47.2 Å². The fraction of sp³-hybridized carbons (Fsp3) is 0.529. The zero-order chi connectivity index (χ0) is 18.2. The Morgan fingerprint density at radius 1 is 1.32 bits per heavy atom. The summed E-state index contributed by atoms with van der Waals surface area (Å²) < 4.78 is 37.1. The summed E-state index contributed by atoms with van der Waals surface area (Å²) in [5.41, 5.74) is 0.857. The van der Waals surface area contributed by atoms with E-state index in [0.29, 0.717) is 18.1 Å². The molecule has 8 heteroatoms. The number of nitrogens with zero attached hydrogens (tertiary/aromatic N) is 2. The molecule has 2 aliphatic heterocycles. The minimum atomic E-state index is -3.07. The van der Waals surface area contributed by atoms with Crippen molar-refractivity contribution in [3.63, 3.8) is 0 Å². The monoisotopic (exact) mass is 384 g/mol. The number of carbonyl (C=O) groups excluding carboxylic acids is 1. The zero-order valence-electron chi connectivity index (χ0n) is 14.2. The highest BCUT2D eigenvalue weighted by atomic mass is 32.2. The van der Waals surface area contributed by atoms with Gasteiger partial charge < -0.3 is 4.90 Å². The molecule has 1 amide bonds. The van der Waals surface area contributed by atoms with Crippen LogP contribution < -0.4 is 0 Å². The normalized spacial score (nSPS) is 26.4. The second-order valence-electron chi connectivity index (χ2n) is 6.94. The van der Waals surface area contributed by atoms with Crippen molar-refractivity contribution in [1.29, 1.82) is 0 Å². The van der Waals surface area contributed by atoms with Gasteiger partial charge in [-0.25, -0.2) is 12.8 Å².